The highest BCUT2D eigenvalue weighted by atomic mass is 32.2. The van der Waals surface area contributed by atoms with Gasteiger partial charge >= 0.3 is 5.97 Å². The summed E-state index contributed by atoms with van der Waals surface area (Å²) in [4.78, 5) is 25.0. The Morgan fingerprint density at radius 3 is 2.32 bits per heavy atom. The van der Waals surface area contributed by atoms with Crippen LogP contribution in [0.25, 0.3) is 0 Å². The lowest BCUT2D eigenvalue weighted by atomic mass is 9.93. The molecule has 0 spiro atoms. The van der Waals surface area contributed by atoms with Gasteiger partial charge in [-0.1, -0.05) is 12.1 Å². The van der Waals surface area contributed by atoms with Gasteiger partial charge in [-0.3, -0.25) is 9.59 Å². The zero-order valence-electron chi connectivity index (χ0n) is 14.3. The average molecular weight is 368 g/mol. The predicted octanol–water partition coefficient (Wildman–Crippen LogP) is 1.24. The molecule has 25 heavy (non-hydrogen) atoms. The Balaban J connectivity index is 1.82. The predicted molar refractivity (Wildman–Crippen MR) is 92.6 cm³/mol. The molecule has 0 radical (unpaired) electrons. The van der Waals surface area contributed by atoms with Crippen LogP contribution < -0.4 is 4.72 Å². The molecule has 1 saturated heterocycles. The van der Waals surface area contributed by atoms with Crippen LogP contribution in [0.1, 0.15) is 31.2 Å². The van der Waals surface area contributed by atoms with Gasteiger partial charge in [0.1, 0.15) is 0 Å². The van der Waals surface area contributed by atoms with Gasteiger partial charge in [-0.05, 0) is 49.9 Å². The maximum Gasteiger partial charge on any atom is 0.303 e. The first kappa shape index (κ1) is 19.4. The molecule has 1 aromatic carbocycles. The Morgan fingerprint density at radius 1 is 1.20 bits per heavy atom. The van der Waals surface area contributed by atoms with Crippen LogP contribution in [0.4, 0.5) is 0 Å². The number of hydrogen-bond donors (Lipinski definition) is 2. The first-order valence-corrected chi connectivity index (χ1v) is 9.82. The Bertz CT molecular complexity index is 707. The van der Waals surface area contributed by atoms with Crippen LogP contribution in [-0.2, 0) is 26.0 Å². The third kappa shape index (κ3) is 5.54. The zero-order valence-corrected chi connectivity index (χ0v) is 15.1. The molecule has 1 fully saturated rings. The van der Waals surface area contributed by atoms with Gasteiger partial charge in [-0.15, -0.1) is 0 Å². The molecule has 7 nitrogen and oxygen atoms in total. The third-order valence-electron chi connectivity index (χ3n) is 4.56. The van der Waals surface area contributed by atoms with E-state index in [9.17, 15) is 18.0 Å². The van der Waals surface area contributed by atoms with Crippen LogP contribution in [0.5, 0.6) is 0 Å². The zero-order chi connectivity index (χ0) is 18.4. The van der Waals surface area contributed by atoms with E-state index in [1.807, 2.05) is 0 Å². The number of aryl methyl sites for hydroxylation is 1. The molecule has 0 atom stereocenters. The van der Waals surface area contributed by atoms with Gasteiger partial charge in [-0.2, -0.15) is 0 Å². The van der Waals surface area contributed by atoms with Gasteiger partial charge in [0.05, 0.1) is 4.90 Å². The Kier molecular flexibility index (Phi) is 6.55. The first-order chi connectivity index (χ1) is 11.8. The number of nitrogens with one attached hydrogen (secondary N) is 1. The lowest BCUT2D eigenvalue weighted by Gasteiger charge is -2.31. The molecule has 2 N–H and O–H groups in total. The molecule has 1 amide bonds. The molecule has 0 saturated carbocycles. The van der Waals surface area contributed by atoms with Gasteiger partial charge < -0.3 is 10.0 Å². The van der Waals surface area contributed by atoms with Crippen molar-refractivity contribution in [2.45, 2.75) is 37.0 Å². The molecular formula is C17H24N2O5S. The molecule has 0 unspecified atom stereocenters. The van der Waals surface area contributed by atoms with E-state index in [1.165, 1.54) is 19.2 Å². The van der Waals surface area contributed by atoms with Crippen LogP contribution in [-0.4, -0.2) is 50.4 Å². The van der Waals surface area contributed by atoms with Crippen LogP contribution in [0.15, 0.2) is 29.2 Å². The normalized spacial score (nSPS) is 16.0. The van der Waals surface area contributed by atoms with E-state index in [4.69, 9.17) is 5.11 Å². The van der Waals surface area contributed by atoms with E-state index >= 15 is 0 Å². The van der Waals surface area contributed by atoms with Crippen molar-refractivity contribution in [2.75, 3.05) is 20.1 Å². The molecule has 1 aliphatic heterocycles. The van der Waals surface area contributed by atoms with Crippen molar-refractivity contribution in [3.63, 3.8) is 0 Å². The average Bonchev–Trinajstić information content (AvgIpc) is 2.60. The number of likely N-dealkylation sites (tertiary alicyclic amines) is 1. The smallest absolute Gasteiger partial charge is 0.303 e. The lowest BCUT2D eigenvalue weighted by Crippen LogP contribution is -2.39. The Hall–Kier alpha value is -1.93. The molecule has 1 aromatic rings. The minimum atomic E-state index is -3.44. The molecule has 1 heterocycles. The van der Waals surface area contributed by atoms with Crippen LogP contribution >= 0.6 is 0 Å². The number of sulfonamides is 1. The lowest BCUT2D eigenvalue weighted by molar-refractivity contribution is -0.138. The standard InChI is InChI=1S/C17H24N2O5S/c1-18-25(23,24)15-5-2-13(3-6-15)4-7-16(20)19-10-8-14(9-11-19)12-17(21)22/h2-3,5-6,14,18H,4,7-12H2,1H3,(H,21,22). The van der Waals surface area contributed by atoms with Crippen molar-refractivity contribution >= 4 is 21.9 Å². The fourth-order valence-electron chi connectivity index (χ4n) is 3.00. The first-order valence-electron chi connectivity index (χ1n) is 8.34. The summed E-state index contributed by atoms with van der Waals surface area (Å²) in [5.74, 6) is -0.572. The maximum absolute atomic E-state index is 12.3. The van der Waals surface area contributed by atoms with Crippen molar-refractivity contribution in [2.24, 2.45) is 5.92 Å². The van der Waals surface area contributed by atoms with E-state index in [2.05, 4.69) is 4.72 Å². The second-order valence-electron chi connectivity index (χ2n) is 6.27. The molecule has 1 aliphatic rings. The number of carbonyl (C=O) groups excluding carboxylic acids is 1. The topological polar surface area (TPSA) is 104 Å². The number of hydrogen-bond acceptors (Lipinski definition) is 4. The Morgan fingerprint density at radius 2 is 1.80 bits per heavy atom. The van der Waals surface area contributed by atoms with Gasteiger partial charge in [-0.25, -0.2) is 13.1 Å². The van der Waals surface area contributed by atoms with Gasteiger partial charge in [0.25, 0.3) is 0 Å². The third-order valence-corrected chi connectivity index (χ3v) is 5.99. The van der Waals surface area contributed by atoms with Crippen molar-refractivity contribution < 1.29 is 23.1 Å². The van der Waals surface area contributed by atoms with Crippen LogP contribution in [0.3, 0.4) is 0 Å². The number of carboxylic acid groups (broad SMARTS) is 1. The van der Waals surface area contributed by atoms with Crippen molar-refractivity contribution in [3.05, 3.63) is 29.8 Å². The summed E-state index contributed by atoms with van der Waals surface area (Å²) >= 11 is 0. The van der Waals surface area contributed by atoms with Crippen molar-refractivity contribution in [1.82, 2.24) is 9.62 Å². The summed E-state index contributed by atoms with van der Waals surface area (Å²) in [6.07, 6.45) is 2.54. The molecule has 0 aromatic heterocycles. The van der Waals surface area contributed by atoms with E-state index in [1.54, 1.807) is 17.0 Å². The highest BCUT2D eigenvalue weighted by Gasteiger charge is 2.24. The molecule has 8 heteroatoms. The number of piperidine rings is 1. The monoisotopic (exact) mass is 368 g/mol. The molecular weight excluding hydrogens is 344 g/mol. The highest BCUT2D eigenvalue weighted by Crippen LogP contribution is 2.21. The van der Waals surface area contributed by atoms with Crippen LogP contribution in [0, 0.1) is 5.92 Å². The highest BCUT2D eigenvalue weighted by molar-refractivity contribution is 7.89. The fraction of sp³-hybridized carbons (Fsp3) is 0.529. The summed E-state index contributed by atoms with van der Waals surface area (Å²) < 4.78 is 25.6. The van der Waals surface area contributed by atoms with E-state index in [0.29, 0.717) is 25.9 Å². The van der Waals surface area contributed by atoms with Gasteiger partial charge in [0, 0.05) is 25.9 Å². The number of carboxylic acids is 1. The minimum Gasteiger partial charge on any atom is -0.481 e. The molecule has 2 rings (SSSR count). The number of aliphatic carboxylic acids is 1. The Labute approximate surface area is 148 Å². The second kappa shape index (κ2) is 8.44. The second-order valence-corrected chi connectivity index (χ2v) is 8.16. The number of benzene rings is 1. The summed E-state index contributed by atoms with van der Waals surface area (Å²) in [7, 11) is -2.08. The number of nitrogens with zero attached hydrogens (tertiary/aromatic N) is 1. The summed E-state index contributed by atoms with van der Waals surface area (Å²) in [5.41, 5.74) is 0.907. The quantitative estimate of drug-likeness (QED) is 0.754. The minimum absolute atomic E-state index is 0.0562. The maximum atomic E-state index is 12.3. The summed E-state index contributed by atoms with van der Waals surface area (Å²) in [6, 6.07) is 6.50. The number of carbonyl (C=O) groups is 2. The summed E-state index contributed by atoms with van der Waals surface area (Å²) in [6.45, 7) is 1.21. The van der Waals surface area contributed by atoms with E-state index in [-0.39, 0.29) is 23.1 Å². The molecule has 0 bridgehead atoms. The van der Waals surface area contributed by atoms with Gasteiger partial charge in [0.15, 0.2) is 0 Å². The van der Waals surface area contributed by atoms with Crippen LogP contribution in [0.2, 0.25) is 0 Å². The van der Waals surface area contributed by atoms with Gasteiger partial charge in [0.2, 0.25) is 15.9 Å². The van der Waals surface area contributed by atoms with E-state index < -0.39 is 16.0 Å². The largest absolute Gasteiger partial charge is 0.481 e. The van der Waals surface area contributed by atoms with Crippen molar-refractivity contribution in [1.29, 1.82) is 0 Å². The number of amides is 1. The molecule has 0 aliphatic carbocycles. The van der Waals surface area contributed by atoms with Crippen molar-refractivity contribution in [3.8, 4) is 0 Å². The fourth-order valence-corrected chi connectivity index (χ4v) is 3.73. The molecule has 138 valence electrons. The number of rotatable bonds is 7. The summed E-state index contributed by atoms with van der Waals surface area (Å²) in [5, 5.41) is 8.81. The van der Waals surface area contributed by atoms with E-state index in [0.717, 1.165) is 18.4 Å². The SMILES string of the molecule is CNS(=O)(=O)c1ccc(CCC(=O)N2CCC(CC(=O)O)CC2)cc1.